The average molecular weight is 305 g/mol. The van der Waals surface area contributed by atoms with Crippen LogP contribution in [0.15, 0.2) is 29.6 Å². The van der Waals surface area contributed by atoms with E-state index < -0.39 is 0 Å². The zero-order valence-electron chi connectivity index (χ0n) is 11.7. The molecular formula is C15H16FN3OS. The quantitative estimate of drug-likeness (QED) is 0.926. The predicted octanol–water partition coefficient (Wildman–Crippen LogP) is 2.38. The molecule has 1 aliphatic heterocycles. The van der Waals surface area contributed by atoms with E-state index in [2.05, 4.69) is 10.3 Å². The highest BCUT2D eigenvalue weighted by Crippen LogP contribution is 2.26. The molecule has 0 radical (unpaired) electrons. The Labute approximate surface area is 126 Å². The van der Waals surface area contributed by atoms with Gasteiger partial charge in [0.2, 0.25) is 0 Å². The van der Waals surface area contributed by atoms with E-state index in [1.165, 1.54) is 17.4 Å². The van der Waals surface area contributed by atoms with Crippen molar-refractivity contribution in [1.29, 1.82) is 0 Å². The van der Waals surface area contributed by atoms with Crippen LogP contribution in [-0.2, 0) is 0 Å². The van der Waals surface area contributed by atoms with Crippen LogP contribution in [0.4, 0.5) is 4.39 Å². The highest BCUT2D eigenvalue weighted by Gasteiger charge is 2.23. The number of halogens is 1. The fraction of sp³-hybridized carbons (Fsp3) is 0.333. The highest BCUT2D eigenvalue weighted by molar-refractivity contribution is 7.13. The zero-order chi connectivity index (χ0) is 14.8. The maximum atomic E-state index is 13.8. The molecule has 1 aliphatic rings. The number of nitrogens with zero attached hydrogens (tertiary/aromatic N) is 2. The number of hydrogen-bond donors (Lipinski definition) is 1. The Bertz CT molecular complexity index is 658. The number of thiazole rings is 1. The van der Waals surface area contributed by atoms with Crippen molar-refractivity contribution in [2.75, 3.05) is 19.6 Å². The first-order valence-corrected chi connectivity index (χ1v) is 7.76. The minimum atomic E-state index is -0.318. The van der Waals surface area contributed by atoms with Crippen LogP contribution in [0.25, 0.3) is 10.6 Å². The molecular weight excluding hydrogens is 289 g/mol. The summed E-state index contributed by atoms with van der Waals surface area (Å²) in [5, 5.41) is 5.54. The van der Waals surface area contributed by atoms with Crippen molar-refractivity contribution in [1.82, 2.24) is 15.2 Å². The topological polar surface area (TPSA) is 45.2 Å². The van der Waals surface area contributed by atoms with Crippen molar-refractivity contribution < 1.29 is 9.18 Å². The first-order valence-electron chi connectivity index (χ1n) is 6.88. The van der Waals surface area contributed by atoms with Crippen LogP contribution < -0.4 is 5.32 Å². The van der Waals surface area contributed by atoms with Crippen molar-refractivity contribution in [3.05, 3.63) is 41.2 Å². The lowest BCUT2D eigenvalue weighted by atomic mass is 10.2. The molecule has 0 spiro atoms. The van der Waals surface area contributed by atoms with Gasteiger partial charge in [0.15, 0.2) is 0 Å². The van der Waals surface area contributed by atoms with Gasteiger partial charge in [-0.2, -0.15) is 0 Å². The second kappa shape index (κ2) is 5.91. The van der Waals surface area contributed by atoms with Gasteiger partial charge in [0.25, 0.3) is 5.91 Å². The Kier molecular flexibility index (Phi) is 3.98. The summed E-state index contributed by atoms with van der Waals surface area (Å²) >= 11 is 1.30. The molecule has 1 atom stereocenters. The van der Waals surface area contributed by atoms with Gasteiger partial charge in [-0.25, -0.2) is 9.37 Å². The van der Waals surface area contributed by atoms with Gasteiger partial charge in [-0.1, -0.05) is 12.1 Å². The molecule has 1 N–H and O–H groups in total. The van der Waals surface area contributed by atoms with Gasteiger partial charge in [-0.15, -0.1) is 11.3 Å². The molecule has 1 aromatic carbocycles. The number of hydrogen-bond acceptors (Lipinski definition) is 4. The van der Waals surface area contributed by atoms with Crippen LogP contribution in [0.2, 0.25) is 0 Å². The lowest BCUT2D eigenvalue weighted by Gasteiger charge is -2.31. The largest absolute Gasteiger partial charge is 0.334 e. The van der Waals surface area contributed by atoms with Crippen molar-refractivity contribution in [3.8, 4) is 10.6 Å². The van der Waals surface area contributed by atoms with Gasteiger partial charge in [0, 0.05) is 36.6 Å². The summed E-state index contributed by atoms with van der Waals surface area (Å²) in [6, 6.07) is 6.76. The number of piperazine rings is 1. The minimum Gasteiger partial charge on any atom is -0.334 e. The molecule has 1 amide bonds. The SMILES string of the molecule is C[C@H]1CN(C(=O)c2csc(-c3ccccc3F)n2)CCN1. The van der Waals surface area contributed by atoms with Crippen LogP contribution >= 0.6 is 11.3 Å². The van der Waals surface area contributed by atoms with Crippen LogP contribution in [-0.4, -0.2) is 41.5 Å². The first-order chi connectivity index (χ1) is 10.1. The van der Waals surface area contributed by atoms with Crippen LogP contribution in [0.3, 0.4) is 0 Å². The van der Waals surface area contributed by atoms with Crippen molar-refractivity contribution in [2.24, 2.45) is 0 Å². The molecule has 1 aromatic heterocycles. The van der Waals surface area contributed by atoms with Crippen LogP contribution in [0.5, 0.6) is 0 Å². The molecule has 1 saturated heterocycles. The number of carbonyl (C=O) groups excluding carboxylic acids is 1. The van der Waals surface area contributed by atoms with Crippen LogP contribution in [0, 0.1) is 5.82 Å². The number of aromatic nitrogens is 1. The smallest absolute Gasteiger partial charge is 0.273 e. The second-order valence-electron chi connectivity index (χ2n) is 5.12. The lowest BCUT2D eigenvalue weighted by molar-refractivity contribution is 0.0704. The third-order valence-electron chi connectivity index (χ3n) is 3.48. The monoisotopic (exact) mass is 305 g/mol. The molecule has 110 valence electrons. The van der Waals surface area contributed by atoms with Gasteiger partial charge in [-0.05, 0) is 19.1 Å². The molecule has 4 nitrogen and oxygen atoms in total. The Hall–Kier alpha value is -1.79. The van der Waals surface area contributed by atoms with Gasteiger partial charge in [0.1, 0.15) is 16.5 Å². The summed E-state index contributed by atoms with van der Waals surface area (Å²) in [7, 11) is 0. The third kappa shape index (κ3) is 2.96. The third-order valence-corrected chi connectivity index (χ3v) is 4.36. The first kappa shape index (κ1) is 14.2. The number of benzene rings is 1. The molecule has 0 unspecified atom stereocenters. The van der Waals surface area contributed by atoms with Crippen molar-refractivity contribution >= 4 is 17.2 Å². The van der Waals surface area contributed by atoms with E-state index in [1.807, 2.05) is 6.92 Å². The summed E-state index contributed by atoms with van der Waals surface area (Å²) in [5.74, 6) is -0.399. The zero-order valence-corrected chi connectivity index (χ0v) is 12.5. The van der Waals surface area contributed by atoms with E-state index >= 15 is 0 Å². The second-order valence-corrected chi connectivity index (χ2v) is 5.98. The van der Waals surface area contributed by atoms with E-state index in [0.717, 1.165) is 6.54 Å². The molecule has 1 fully saturated rings. The standard InChI is InChI=1S/C15H16FN3OS/c1-10-8-19(7-6-17-10)15(20)13-9-21-14(18-13)11-4-2-3-5-12(11)16/h2-5,9-10,17H,6-8H2,1H3/t10-/m0/s1. The highest BCUT2D eigenvalue weighted by atomic mass is 32.1. The van der Waals surface area contributed by atoms with E-state index in [4.69, 9.17) is 0 Å². The summed E-state index contributed by atoms with van der Waals surface area (Å²) in [6.45, 7) is 4.18. The molecule has 21 heavy (non-hydrogen) atoms. The number of nitrogens with one attached hydrogen (secondary N) is 1. The summed E-state index contributed by atoms with van der Waals surface area (Å²) in [4.78, 5) is 18.5. The van der Waals surface area contributed by atoms with Gasteiger partial charge >= 0.3 is 0 Å². The summed E-state index contributed by atoms with van der Waals surface area (Å²) in [5.41, 5.74) is 0.836. The average Bonchev–Trinajstić information content (AvgIpc) is 2.96. The van der Waals surface area contributed by atoms with E-state index in [9.17, 15) is 9.18 Å². The van der Waals surface area contributed by atoms with Crippen molar-refractivity contribution in [3.63, 3.8) is 0 Å². The molecule has 0 bridgehead atoms. The van der Waals surface area contributed by atoms with E-state index in [-0.39, 0.29) is 17.8 Å². The van der Waals surface area contributed by atoms with E-state index in [0.29, 0.717) is 29.4 Å². The molecule has 6 heteroatoms. The Balaban J connectivity index is 1.82. The maximum absolute atomic E-state index is 13.8. The van der Waals surface area contributed by atoms with Gasteiger partial charge < -0.3 is 10.2 Å². The summed E-state index contributed by atoms with van der Waals surface area (Å²) < 4.78 is 13.8. The number of amides is 1. The van der Waals surface area contributed by atoms with E-state index in [1.54, 1.807) is 28.5 Å². The lowest BCUT2D eigenvalue weighted by Crippen LogP contribution is -2.51. The normalized spacial score (nSPS) is 18.8. The van der Waals surface area contributed by atoms with Crippen molar-refractivity contribution in [2.45, 2.75) is 13.0 Å². The van der Waals surface area contributed by atoms with Gasteiger partial charge in [0.05, 0.1) is 0 Å². The number of rotatable bonds is 2. The maximum Gasteiger partial charge on any atom is 0.273 e. The Morgan fingerprint density at radius 1 is 1.48 bits per heavy atom. The molecule has 0 aliphatic carbocycles. The minimum absolute atomic E-state index is 0.0813. The Morgan fingerprint density at radius 3 is 3.05 bits per heavy atom. The Morgan fingerprint density at radius 2 is 2.29 bits per heavy atom. The predicted molar refractivity (Wildman–Crippen MR) is 80.9 cm³/mol. The number of carbonyl (C=O) groups is 1. The fourth-order valence-corrected chi connectivity index (χ4v) is 3.23. The van der Waals surface area contributed by atoms with Gasteiger partial charge in [-0.3, -0.25) is 4.79 Å². The molecule has 3 rings (SSSR count). The molecule has 2 heterocycles. The fourth-order valence-electron chi connectivity index (χ4n) is 2.41. The molecule has 0 saturated carbocycles. The van der Waals surface area contributed by atoms with Crippen LogP contribution in [0.1, 0.15) is 17.4 Å². The summed E-state index contributed by atoms with van der Waals surface area (Å²) in [6.07, 6.45) is 0. The molecule has 2 aromatic rings.